The average molecular weight is 502 g/mol. The van der Waals surface area contributed by atoms with E-state index in [0.717, 1.165) is 80.8 Å². The van der Waals surface area contributed by atoms with Crippen LogP contribution in [-0.2, 0) is 16.2 Å². The van der Waals surface area contributed by atoms with Crippen molar-refractivity contribution in [1.82, 2.24) is 19.9 Å². The fourth-order valence-corrected chi connectivity index (χ4v) is 8.09. The molecule has 2 unspecified atom stereocenters. The molecule has 1 spiro atoms. The van der Waals surface area contributed by atoms with E-state index in [1.807, 2.05) is 0 Å². The van der Waals surface area contributed by atoms with Crippen molar-refractivity contribution >= 4 is 40.1 Å². The van der Waals surface area contributed by atoms with E-state index in [1.165, 1.54) is 0 Å². The molecule has 11 heteroatoms. The van der Waals surface area contributed by atoms with Gasteiger partial charge in [-0.25, -0.2) is 15.0 Å². The summed E-state index contributed by atoms with van der Waals surface area (Å²) in [5, 5.41) is 14.1. The van der Waals surface area contributed by atoms with Crippen molar-refractivity contribution in [1.29, 1.82) is 0 Å². The first-order valence-electron chi connectivity index (χ1n) is 12.1. The highest BCUT2D eigenvalue weighted by Gasteiger charge is 2.55. The lowest BCUT2D eigenvalue weighted by Gasteiger charge is -2.41. The molecule has 2 saturated heterocycles. The Balaban J connectivity index is 1.16. The molecule has 34 heavy (non-hydrogen) atoms. The Morgan fingerprint density at radius 2 is 1.68 bits per heavy atom. The Bertz CT molecular complexity index is 1150. The topological polar surface area (TPSA) is 107 Å². The van der Waals surface area contributed by atoms with Crippen LogP contribution in [0.5, 0.6) is 0 Å². The zero-order valence-electron chi connectivity index (χ0n) is 18.9. The summed E-state index contributed by atoms with van der Waals surface area (Å²) in [7, 11) is -1.09. The van der Waals surface area contributed by atoms with Crippen molar-refractivity contribution in [2.45, 2.75) is 48.0 Å². The summed E-state index contributed by atoms with van der Waals surface area (Å²) in [5.41, 5.74) is 0.612. The molecule has 2 N–H and O–H groups in total. The van der Waals surface area contributed by atoms with Gasteiger partial charge in [-0.15, -0.1) is 0 Å². The van der Waals surface area contributed by atoms with Gasteiger partial charge in [0.1, 0.15) is 10.7 Å². The molecule has 0 bridgehead atoms. The number of aliphatic hydroxyl groups is 1. The lowest BCUT2D eigenvalue weighted by Crippen LogP contribution is -2.48. The minimum atomic E-state index is -1.09. The van der Waals surface area contributed by atoms with Crippen LogP contribution in [0.4, 0.5) is 17.7 Å². The predicted molar refractivity (Wildman–Crippen MR) is 130 cm³/mol. The average Bonchev–Trinajstić information content (AvgIpc) is 3.16. The number of anilines is 3. The number of aliphatic hydroxyl groups excluding tert-OH is 1. The maximum atomic E-state index is 13.1. The summed E-state index contributed by atoms with van der Waals surface area (Å²) < 4.78 is 13.1. The Kier molecular flexibility index (Phi) is 4.68. The lowest BCUT2D eigenvalue weighted by atomic mass is 9.77. The molecule has 3 aliphatic heterocycles. The van der Waals surface area contributed by atoms with Gasteiger partial charge in [0.15, 0.2) is 0 Å². The van der Waals surface area contributed by atoms with E-state index < -0.39 is 10.8 Å². The molecular weight excluding hydrogens is 474 g/mol. The highest BCUT2D eigenvalue weighted by Crippen LogP contribution is 2.56. The summed E-state index contributed by atoms with van der Waals surface area (Å²) in [4.78, 5) is 24.1. The van der Waals surface area contributed by atoms with Gasteiger partial charge in [-0.3, -0.25) is 4.21 Å². The van der Waals surface area contributed by atoms with Crippen molar-refractivity contribution in [3.05, 3.63) is 23.1 Å². The predicted octanol–water partition coefficient (Wildman–Crippen LogP) is 1.97. The molecule has 0 aromatic carbocycles. The monoisotopic (exact) mass is 501 g/mol. The van der Waals surface area contributed by atoms with E-state index in [9.17, 15) is 9.32 Å². The second-order valence-corrected chi connectivity index (χ2v) is 12.6. The molecule has 2 aromatic heterocycles. The van der Waals surface area contributed by atoms with Gasteiger partial charge in [-0.05, 0) is 32.1 Å². The van der Waals surface area contributed by atoms with Gasteiger partial charge in [-0.1, -0.05) is 11.6 Å². The Morgan fingerprint density at radius 3 is 2.24 bits per heavy atom. The first-order chi connectivity index (χ1) is 16.5. The molecule has 7 rings (SSSR count). The summed E-state index contributed by atoms with van der Waals surface area (Å²) in [6.07, 6.45) is 8.30. The fraction of sp³-hybridized carbons (Fsp3) is 0.652. The maximum absolute atomic E-state index is 13.1. The van der Waals surface area contributed by atoms with E-state index in [0.29, 0.717) is 28.4 Å². The van der Waals surface area contributed by atoms with Crippen molar-refractivity contribution in [3.8, 4) is 0 Å². The van der Waals surface area contributed by atoms with Crippen molar-refractivity contribution in [3.63, 3.8) is 0 Å². The Hall–Kier alpha value is -2.04. The van der Waals surface area contributed by atoms with E-state index >= 15 is 0 Å². The third kappa shape index (κ3) is 3.25. The van der Waals surface area contributed by atoms with Gasteiger partial charge in [0, 0.05) is 49.2 Å². The van der Waals surface area contributed by atoms with Gasteiger partial charge in [0.05, 0.1) is 46.1 Å². The number of hydrogen-bond donors (Lipinski definition) is 2. The first-order valence-corrected chi connectivity index (χ1v) is 13.8. The zero-order valence-corrected chi connectivity index (χ0v) is 20.5. The SMILES string of the molecule is O=[S@@]1CC2(CC2)c2nc(N3CC4CN(c5ncc(Cl)cn5)CC4C3)nc(NC3(CO)CCC3)c21. The van der Waals surface area contributed by atoms with Crippen molar-refractivity contribution in [2.75, 3.05) is 53.7 Å². The number of nitrogens with zero attached hydrogens (tertiary/aromatic N) is 6. The number of aromatic nitrogens is 4. The number of rotatable bonds is 5. The highest BCUT2D eigenvalue weighted by molar-refractivity contribution is 7.85. The van der Waals surface area contributed by atoms with Crippen molar-refractivity contribution in [2.24, 2.45) is 11.8 Å². The van der Waals surface area contributed by atoms with Crippen LogP contribution in [0.3, 0.4) is 0 Å². The smallest absolute Gasteiger partial charge is 0.227 e. The van der Waals surface area contributed by atoms with E-state index in [1.54, 1.807) is 12.4 Å². The van der Waals surface area contributed by atoms with E-state index in [-0.39, 0.29) is 17.6 Å². The van der Waals surface area contributed by atoms with Gasteiger partial charge in [-0.2, -0.15) is 4.98 Å². The van der Waals surface area contributed by atoms with Crippen LogP contribution in [0.1, 0.15) is 37.8 Å². The Labute approximate surface area is 205 Å². The third-order valence-electron chi connectivity index (χ3n) is 8.50. The van der Waals surface area contributed by atoms with Crippen LogP contribution in [-0.4, -0.2) is 73.3 Å². The largest absolute Gasteiger partial charge is 0.394 e. The zero-order chi connectivity index (χ0) is 23.1. The lowest BCUT2D eigenvalue weighted by molar-refractivity contribution is 0.143. The van der Waals surface area contributed by atoms with Gasteiger partial charge < -0.3 is 20.2 Å². The normalized spacial score (nSPS) is 29.8. The van der Waals surface area contributed by atoms with Crippen molar-refractivity contribution < 1.29 is 9.32 Å². The molecule has 180 valence electrons. The molecule has 2 saturated carbocycles. The molecule has 0 radical (unpaired) electrons. The molecule has 0 amide bonds. The standard InChI is InChI=1S/C23H28ClN7O2S/c24-16-6-25-20(26-7-16)30-8-14-10-31(11-15(14)9-30)21-27-18-17(34(33)13-22(18)4-5-22)19(28-21)29-23(12-32)2-1-3-23/h6-7,14-15,32H,1-5,8-13H2,(H,27,28,29)/t14?,15?,34-/m1/s1. The number of hydrogen-bond acceptors (Lipinski definition) is 9. The second-order valence-electron chi connectivity index (χ2n) is 10.8. The van der Waals surface area contributed by atoms with Crippen LogP contribution >= 0.6 is 11.6 Å². The number of halogens is 1. The quantitative estimate of drug-likeness (QED) is 0.635. The van der Waals surface area contributed by atoms with Gasteiger partial charge in [0.2, 0.25) is 11.9 Å². The van der Waals surface area contributed by atoms with Gasteiger partial charge in [0.25, 0.3) is 0 Å². The summed E-state index contributed by atoms with van der Waals surface area (Å²) in [6, 6.07) is 0. The van der Waals surface area contributed by atoms with Crippen LogP contribution in [0.2, 0.25) is 5.02 Å². The number of nitrogens with one attached hydrogen (secondary N) is 1. The maximum Gasteiger partial charge on any atom is 0.227 e. The fourth-order valence-electron chi connectivity index (χ4n) is 6.13. The van der Waals surface area contributed by atoms with Gasteiger partial charge >= 0.3 is 0 Å². The number of fused-ring (bicyclic) bond motifs is 3. The van der Waals surface area contributed by atoms with E-state index in [4.69, 9.17) is 21.6 Å². The molecule has 9 nitrogen and oxygen atoms in total. The molecule has 5 heterocycles. The summed E-state index contributed by atoms with van der Waals surface area (Å²) >= 11 is 5.95. The third-order valence-corrected chi connectivity index (χ3v) is 10.4. The minimum Gasteiger partial charge on any atom is -0.394 e. The molecular formula is C23H28ClN7O2S. The Morgan fingerprint density at radius 1 is 1.03 bits per heavy atom. The second kappa shape index (κ2) is 7.48. The molecule has 2 aliphatic carbocycles. The van der Waals surface area contributed by atoms with Crippen LogP contribution in [0.25, 0.3) is 0 Å². The first kappa shape index (κ1) is 21.3. The van der Waals surface area contributed by atoms with Crippen LogP contribution in [0.15, 0.2) is 17.3 Å². The summed E-state index contributed by atoms with van der Waals surface area (Å²) in [5.74, 6) is 3.80. The molecule has 2 aromatic rings. The highest BCUT2D eigenvalue weighted by atomic mass is 35.5. The van der Waals surface area contributed by atoms with Crippen LogP contribution in [0, 0.1) is 11.8 Å². The molecule has 5 aliphatic rings. The minimum absolute atomic E-state index is 0.0291. The molecule has 3 atom stereocenters. The molecule has 4 fully saturated rings. The summed E-state index contributed by atoms with van der Waals surface area (Å²) in [6.45, 7) is 3.64. The van der Waals surface area contributed by atoms with E-state index in [2.05, 4.69) is 25.1 Å². The van der Waals surface area contributed by atoms with Crippen LogP contribution < -0.4 is 15.1 Å².